The van der Waals surface area contributed by atoms with Gasteiger partial charge in [0.05, 0.1) is 20.8 Å². The normalized spacial score (nSPS) is 20.3. The number of nitrogens with zero attached hydrogens (tertiary/aromatic N) is 4. The van der Waals surface area contributed by atoms with Crippen molar-refractivity contribution in [2.45, 2.75) is 51.6 Å². The molecule has 0 saturated carbocycles. The minimum absolute atomic E-state index is 0.0834. The van der Waals surface area contributed by atoms with E-state index in [1.807, 2.05) is 18.2 Å². The highest BCUT2D eigenvalue weighted by atomic mass is 16.5. The fourth-order valence-corrected chi connectivity index (χ4v) is 4.91. The number of likely N-dealkylation sites (tertiary alicyclic amines) is 2. The van der Waals surface area contributed by atoms with E-state index in [1.165, 1.54) is 19.3 Å². The summed E-state index contributed by atoms with van der Waals surface area (Å²) in [6.45, 7) is 7.40. The van der Waals surface area contributed by atoms with E-state index in [1.54, 1.807) is 14.2 Å². The van der Waals surface area contributed by atoms with Gasteiger partial charge in [0.25, 0.3) is 0 Å². The summed E-state index contributed by atoms with van der Waals surface area (Å²) in [6, 6.07) is 6.17. The Balaban J connectivity index is 1.21. The van der Waals surface area contributed by atoms with Gasteiger partial charge in [-0.05, 0) is 70.4 Å². The third kappa shape index (κ3) is 6.07. The van der Waals surface area contributed by atoms with Gasteiger partial charge < -0.3 is 19.3 Å². The summed E-state index contributed by atoms with van der Waals surface area (Å²) < 4.78 is 16.1. The number of nitrogens with one attached hydrogen (secondary N) is 1. The van der Waals surface area contributed by atoms with Gasteiger partial charge in [-0.25, -0.2) is 0 Å². The standard InChI is InChI=1S/C25H37N5O4/c1-18-6-4-5-12-30(18)15-11-26-25(31)19-9-13-29(14-10-19)17-23-27-24(28-34-23)20-7-8-21(32-2)22(16-20)33-3/h7-8,16,18-19H,4-6,9-15,17H2,1-3H3,(H,26,31)/t18-/m0/s1. The lowest BCUT2D eigenvalue weighted by Gasteiger charge is -2.34. The minimum atomic E-state index is 0.0834. The predicted octanol–water partition coefficient (Wildman–Crippen LogP) is 2.96. The number of rotatable bonds is 9. The molecule has 9 nitrogen and oxygen atoms in total. The van der Waals surface area contributed by atoms with Gasteiger partial charge in [0.1, 0.15) is 0 Å². The van der Waals surface area contributed by atoms with Crippen molar-refractivity contribution in [3.8, 4) is 22.9 Å². The second kappa shape index (κ2) is 11.7. The third-order valence-electron chi connectivity index (χ3n) is 7.07. The van der Waals surface area contributed by atoms with Crippen LogP contribution in [0.3, 0.4) is 0 Å². The second-order valence-electron chi connectivity index (χ2n) is 9.30. The lowest BCUT2D eigenvalue weighted by Crippen LogP contribution is -2.45. The Bertz CT molecular complexity index is 941. The Morgan fingerprint density at radius 1 is 1.12 bits per heavy atom. The molecule has 1 aromatic carbocycles. The summed E-state index contributed by atoms with van der Waals surface area (Å²) in [4.78, 5) is 21.9. The van der Waals surface area contributed by atoms with Crippen LogP contribution in [-0.2, 0) is 11.3 Å². The van der Waals surface area contributed by atoms with Crippen LogP contribution < -0.4 is 14.8 Å². The van der Waals surface area contributed by atoms with Gasteiger partial charge in [-0.3, -0.25) is 14.6 Å². The van der Waals surface area contributed by atoms with Gasteiger partial charge in [0.15, 0.2) is 11.5 Å². The van der Waals surface area contributed by atoms with Crippen LogP contribution in [0.1, 0.15) is 44.9 Å². The lowest BCUT2D eigenvalue weighted by atomic mass is 9.96. The van der Waals surface area contributed by atoms with Crippen molar-refractivity contribution >= 4 is 5.91 Å². The maximum atomic E-state index is 12.6. The number of amides is 1. The van der Waals surface area contributed by atoms with Crippen molar-refractivity contribution in [2.24, 2.45) is 5.92 Å². The molecular weight excluding hydrogens is 434 g/mol. The first-order chi connectivity index (χ1) is 16.6. The average molecular weight is 472 g/mol. The molecule has 1 aromatic heterocycles. The molecule has 1 N–H and O–H groups in total. The first-order valence-electron chi connectivity index (χ1n) is 12.4. The first kappa shape index (κ1) is 24.5. The van der Waals surface area contributed by atoms with E-state index in [9.17, 15) is 4.79 Å². The average Bonchev–Trinajstić information content (AvgIpc) is 3.33. The number of benzene rings is 1. The number of carbonyl (C=O) groups is 1. The van der Waals surface area contributed by atoms with Crippen LogP contribution in [-0.4, -0.2) is 78.8 Å². The maximum Gasteiger partial charge on any atom is 0.241 e. The largest absolute Gasteiger partial charge is 0.493 e. The molecule has 0 radical (unpaired) electrons. The molecule has 0 bridgehead atoms. The van der Waals surface area contributed by atoms with Crippen molar-refractivity contribution in [1.82, 2.24) is 25.3 Å². The Labute approximate surface area is 201 Å². The summed E-state index contributed by atoms with van der Waals surface area (Å²) in [5.41, 5.74) is 0.807. The molecule has 0 spiro atoms. The fraction of sp³-hybridized carbons (Fsp3) is 0.640. The van der Waals surface area contributed by atoms with Crippen LogP contribution in [0.5, 0.6) is 11.5 Å². The lowest BCUT2D eigenvalue weighted by molar-refractivity contribution is -0.126. The minimum Gasteiger partial charge on any atom is -0.493 e. The summed E-state index contributed by atoms with van der Waals surface area (Å²) in [5, 5.41) is 7.29. The molecule has 3 heterocycles. The van der Waals surface area contributed by atoms with E-state index in [0.717, 1.165) is 51.1 Å². The second-order valence-corrected chi connectivity index (χ2v) is 9.30. The smallest absolute Gasteiger partial charge is 0.241 e. The van der Waals surface area contributed by atoms with E-state index in [2.05, 4.69) is 32.2 Å². The molecule has 2 aliphatic rings. The van der Waals surface area contributed by atoms with Gasteiger partial charge in [0.2, 0.25) is 17.6 Å². The number of carbonyl (C=O) groups excluding carboxylic acids is 1. The van der Waals surface area contributed by atoms with Crippen molar-refractivity contribution in [3.05, 3.63) is 24.1 Å². The third-order valence-corrected chi connectivity index (χ3v) is 7.07. The van der Waals surface area contributed by atoms with E-state index < -0.39 is 0 Å². The number of aromatic nitrogens is 2. The number of hydrogen-bond donors (Lipinski definition) is 1. The molecular formula is C25H37N5O4. The van der Waals surface area contributed by atoms with Crippen LogP contribution in [0, 0.1) is 5.92 Å². The van der Waals surface area contributed by atoms with Gasteiger partial charge in [-0.2, -0.15) is 4.98 Å². The molecule has 34 heavy (non-hydrogen) atoms. The zero-order chi connectivity index (χ0) is 23.9. The molecule has 2 saturated heterocycles. The molecule has 1 atom stereocenters. The van der Waals surface area contributed by atoms with Crippen LogP contribution >= 0.6 is 0 Å². The van der Waals surface area contributed by atoms with Crippen LogP contribution in [0.25, 0.3) is 11.4 Å². The monoisotopic (exact) mass is 471 g/mol. The molecule has 2 aliphatic heterocycles. The van der Waals surface area contributed by atoms with Crippen molar-refractivity contribution in [2.75, 3.05) is 46.9 Å². The fourth-order valence-electron chi connectivity index (χ4n) is 4.91. The Kier molecular flexibility index (Phi) is 8.39. The maximum absolute atomic E-state index is 12.6. The van der Waals surface area contributed by atoms with E-state index in [4.69, 9.17) is 14.0 Å². The van der Waals surface area contributed by atoms with Gasteiger partial charge in [-0.15, -0.1) is 0 Å². The van der Waals surface area contributed by atoms with Crippen molar-refractivity contribution in [1.29, 1.82) is 0 Å². The molecule has 186 valence electrons. The van der Waals surface area contributed by atoms with Crippen LogP contribution in [0.4, 0.5) is 0 Å². The molecule has 9 heteroatoms. The molecule has 0 unspecified atom stereocenters. The van der Waals surface area contributed by atoms with Crippen molar-refractivity contribution in [3.63, 3.8) is 0 Å². The SMILES string of the molecule is COc1ccc(-c2noc(CN3CCC(C(=O)NCCN4CCCC[C@@H]4C)CC3)n2)cc1OC. The zero-order valence-electron chi connectivity index (χ0n) is 20.6. The molecule has 2 fully saturated rings. The van der Waals surface area contributed by atoms with E-state index in [-0.39, 0.29) is 11.8 Å². The Morgan fingerprint density at radius 2 is 1.91 bits per heavy atom. The van der Waals surface area contributed by atoms with E-state index in [0.29, 0.717) is 35.8 Å². The quantitative estimate of drug-likeness (QED) is 0.597. The van der Waals surface area contributed by atoms with E-state index >= 15 is 0 Å². The summed E-state index contributed by atoms with van der Waals surface area (Å²) in [7, 11) is 3.20. The highest BCUT2D eigenvalue weighted by molar-refractivity contribution is 5.78. The highest BCUT2D eigenvalue weighted by Gasteiger charge is 2.26. The number of ether oxygens (including phenoxy) is 2. The van der Waals surface area contributed by atoms with Crippen molar-refractivity contribution < 1.29 is 18.8 Å². The Morgan fingerprint density at radius 3 is 2.65 bits per heavy atom. The summed E-state index contributed by atoms with van der Waals surface area (Å²) >= 11 is 0. The van der Waals surface area contributed by atoms with Crippen LogP contribution in [0.15, 0.2) is 22.7 Å². The highest BCUT2D eigenvalue weighted by Crippen LogP contribution is 2.31. The molecule has 2 aromatic rings. The zero-order valence-corrected chi connectivity index (χ0v) is 20.6. The predicted molar refractivity (Wildman–Crippen MR) is 129 cm³/mol. The number of hydrogen-bond acceptors (Lipinski definition) is 8. The Hall–Kier alpha value is -2.65. The summed E-state index contributed by atoms with van der Waals surface area (Å²) in [6.07, 6.45) is 5.56. The molecule has 1 amide bonds. The van der Waals surface area contributed by atoms with Gasteiger partial charge in [-0.1, -0.05) is 11.6 Å². The van der Waals surface area contributed by atoms with Gasteiger partial charge >= 0.3 is 0 Å². The molecule has 0 aliphatic carbocycles. The number of piperidine rings is 2. The topological polar surface area (TPSA) is 93.0 Å². The molecule has 4 rings (SSSR count). The van der Waals surface area contributed by atoms with Gasteiger partial charge in [0, 0.05) is 30.6 Å². The van der Waals surface area contributed by atoms with Crippen LogP contribution in [0.2, 0.25) is 0 Å². The first-order valence-corrected chi connectivity index (χ1v) is 12.4. The summed E-state index contributed by atoms with van der Waals surface area (Å²) in [5.74, 6) is 2.65. The number of methoxy groups -OCH3 is 2.